The minimum atomic E-state index is -0.591. The zero-order chi connectivity index (χ0) is 13.1. The number of H-pyrrole nitrogens is 2. The highest BCUT2D eigenvalue weighted by Gasteiger charge is 2.03. The average molecular weight is 246 g/mol. The first-order chi connectivity index (χ1) is 8.61. The van der Waals surface area contributed by atoms with E-state index in [0.717, 1.165) is 0 Å². The van der Waals surface area contributed by atoms with E-state index in [0.29, 0.717) is 16.5 Å². The molecule has 0 saturated carbocycles. The number of nitrogens with one attached hydrogen (secondary N) is 2. The standard InChI is InChI=1S/C12H10N2O4/c1-18-9(15)6-5-7-3-2-4-8-10(7)13-12(17)14-11(8)16/h2-6H,1H3,(H2,13,14,16,17)/b6-5+. The monoisotopic (exact) mass is 246 g/mol. The van der Waals surface area contributed by atoms with Crippen molar-refractivity contribution in [1.82, 2.24) is 9.97 Å². The molecule has 6 heteroatoms. The van der Waals surface area contributed by atoms with Crippen molar-refractivity contribution in [2.75, 3.05) is 7.11 Å². The summed E-state index contributed by atoms with van der Waals surface area (Å²) in [7, 11) is 1.27. The van der Waals surface area contributed by atoms with E-state index < -0.39 is 17.2 Å². The predicted molar refractivity (Wildman–Crippen MR) is 66.2 cm³/mol. The molecule has 6 nitrogen and oxygen atoms in total. The molecule has 0 atom stereocenters. The van der Waals surface area contributed by atoms with Gasteiger partial charge in [-0.15, -0.1) is 0 Å². The molecule has 0 radical (unpaired) electrons. The van der Waals surface area contributed by atoms with Gasteiger partial charge < -0.3 is 9.72 Å². The van der Waals surface area contributed by atoms with Crippen molar-refractivity contribution in [3.05, 3.63) is 50.7 Å². The highest BCUT2D eigenvalue weighted by Crippen LogP contribution is 2.13. The van der Waals surface area contributed by atoms with Crippen molar-refractivity contribution in [1.29, 1.82) is 0 Å². The van der Waals surface area contributed by atoms with E-state index in [-0.39, 0.29) is 0 Å². The van der Waals surface area contributed by atoms with Crippen molar-refractivity contribution < 1.29 is 9.53 Å². The fraction of sp³-hybridized carbons (Fsp3) is 0.0833. The van der Waals surface area contributed by atoms with Crippen molar-refractivity contribution in [3.63, 3.8) is 0 Å². The van der Waals surface area contributed by atoms with Crippen LogP contribution < -0.4 is 11.2 Å². The zero-order valence-electron chi connectivity index (χ0n) is 9.52. The molecule has 0 amide bonds. The predicted octanol–water partition coefficient (Wildman–Crippen LogP) is 0.403. The minimum Gasteiger partial charge on any atom is -0.466 e. The van der Waals surface area contributed by atoms with Gasteiger partial charge in [-0.3, -0.25) is 9.78 Å². The van der Waals surface area contributed by atoms with Gasteiger partial charge in [0.1, 0.15) is 0 Å². The molecule has 0 fully saturated rings. The second kappa shape index (κ2) is 4.70. The number of methoxy groups -OCH3 is 1. The minimum absolute atomic E-state index is 0.349. The lowest BCUT2D eigenvalue weighted by Gasteiger charge is -2.00. The van der Waals surface area contributed by atoms with E-state index in [4.69, 9.17) is 0 Å². The molecule has 0 saturated heterocycles. The van der Waals surface area contributed by atoms with Crippen LogP contribution in [0.15, 0.2) is 33.9 Å². The fourth-order valence-electron chi connectivity index (χ4n) is 1.58. The van der Waals surface area contributed by atoms with Gasteiger partial charge in [-0.2, -0.15) is 0 Å². The molecule has 18 heavy (non-hydrogen) atoms. The van der Waals surface area contributed by atoms with E-state index in [2.05, 4.69) is 14.7 Å². The molecule has 1 aromatic heterocycles. The maximum atomic E-state index is 11.6. The summed E-state index contributed by atoms with van der Waals surface area (Å²) in [6, 6.07) is 4.92. The lowest BCUT2D eigenvalue weighted by Crippen LogP contribution is -2.22. The van der Waals surface area contributed by atoms with E-state index in [1.807, 2.05) is 0 Å². The maximum Gasteiger partial charge on any atom is 0.330 e. The molecule has 0 aliphatic rings. The quantitative estimate of drug-likeness (QED) is 0.592. The molecule has 0 spiro atoms. The van der Waals surface area contributed by atoms with Crippen molar-refractivity contribution in [2.24, 2.45) is 0 Å². The van der Waals surface area contributed by atoms with E-state index in [1.165, 1.54) is 19.3 Å². The number of carbonyl (C=O) groups is 1. The number of para-hydroxylation sites is 1. The number of hydrogen-bond acceptors (Lipinski definition) is 4. The second-order valence-electron chi connectivity index (χ2n) is 3.53. The first-order valence-electron chi connectivity index (χ1n) is 5.13. The molecule has 1 aromatic carbocycles. The average Bonchev–Trinajstić information content (AvgIpc) is 2.36. The van der Waals surface area contributed by atoms with Crippen molar-refractivity contribution >= 4 is 22.9 Å². The first kappa shape index (κ1) is 11.8. The number of ether oxygens (including phenoxy) is 1. The number of rotatable bonds is 2. The summed E-state index contributed by atoms with van der Waals surface area (Å²) < 4.78 is 4.47. The van der Waals surface area contributed by atoms with Crippen LogP contribution in [0, 0.1) is 0 Å². The first-order valence-corrected chi connectivity index (χ1v) is 5.13. The molecule has 2 N–H and O–H groups in total. The number of carbonyl (C=O) groups excluding carboxylic acids is 1. The zero-order valence-corrected chi connectivity index (χ0v) is 9.52. The number of esters is 1. The van der Waals surface area contributed by atoms with Crippen LogP contribution in [0.2, 0.25) is 0 Å². The smallest absolute Gasteiger partial charge is 0.330 e. The number of fused-ring (bicyclic) bond motifs is 1. The van der Waals surface area contributed by atoms with Gasteiger partial charge in [-0.1, -0.05) is 12.1 Å². The molecule has 0 aliphatic heterocycles. The molecule has 1 heterocycles. The summed E-state index contributed by atoms with van der Waals surface area (Å²) >= 11 is 0. The molecule has 0 bridgehead atoms. The van der Waals surface area contributed by atoms with Crippen molar-refractivity contribution in [2.45, 2.75) is 0 Å². The van der Waals surface area contributed by atoms with Crippen LogP contribution in [-0.2, 0) is 9.53 Å². The van der Waals surface area contributed by atoms with E-state index >= 15 is 0 Å². The van der Waals surface area contributed by atoms with Crippen LogP contribution >= 0.6 is 0 Å². The molecule has 0 unspecified atom stereocenters. The Labute approximate surface area is 101 Å². The Hall–Kier alpha value is -2.63. The molecule has 0 aliphatic carbocycles. The largest absolute Gasteiger partial charge is 0.466 e. The normalized spacial score (nSPS) is 10.9. The second-order valence-corrected chi connectivity index (χ2v) is 3.53. The van der Waals surface area contributed by atoms with Crippen molar-refractivity contribution in [3.8, 4) is 0 Å². The van der Waals surface area contributed by atoms with Gasteiger partial charge in [0, 0.05) is 6.08 Å². The Morgan fingerprint density at radius 1 is 1.28 bits per heavy atom. The lowest BCUT2D eigenvalue weighted by atomic mass is 10.1. The van der Waals surface area contributed by atoms with Crippen LogP contribution in [0.3, 0.4) is 0 Å². The molecular formula is C12H10N2O4. The summed E-state index contributed by atoms with van der Waals surface area (Å²) in [5.74, 6) is -0.515. The van der Waals surface area contributed by atoms with Crippen LogP contribution in [-0.4, -0.2) is 23.0 Å². The summed E-state index contributed by atoms with van der Waals surface area (Å²) in [4.78, 5) is 38.4. The highest BCUT2D eigenvalue weighted by atomic mass is 16.5. The Bertz CT molecular complexity index is 740. The number of aromatic nitrogens is 2. The van der Waals surface area contributed by atoms with Gasteiger partial charge in [0.05, 0.1) is 18.0 Å². The third-order valence-electron chi connectivity index (χ3n) is 2.41. The maximum absolute atomic E-state index is 11.6. The van der Waals surface area contributed by atoms with Gasteiger partial charge in [0.25, 0.3) is 5.56 Å². The summed E-state index contributed by atoms with van der Waals surface area (Å²) in [5.41, 5.74) is -0.124. The number of benzene rings is 1. The van der Waals surface area contributed by atoms with E-state index in [9.17, 15) is 14.4 Å². The summed E-state index contributed by atoms with van der Waals surface area (Å²) in [6.07, 6.45) is 2.69. The van der Waals surface area contributed by atoms with Gasteiger partial charge in [0.15, 0.2) is 0 Å². The molecule has 2 rings (SSSR count). The Morgan fingerprint density at radius 2 is 2.06 bits per heavy atom. The summed E-state index contributed by atoms with van der Waals surface area (Å²) in [5, 5.41) is 0.349. The van der Waals surface area contributed by atoms with E-state index in [1.54, 1.807) is 18.2 Å². The van der Waals surface area contributed by atoms with Crippen LogP contribution in [0.25, 0.3) is 17.0 Å². The SMILES string of the molecule is COC(=O)/C=C/c1cccc2c(=O)[nH]c(=O)[nH]c12. The third-order valence-corrected chi connectivity index (χ3v) is 2.41. The Kier molecular flexibility index (Phi) is 3.09. The Balaban J connectivity index is 2.65. The third kappa shape index (κ3) is 2.22. The molecule has 2 aromatic rings. The van der Waals surface area contributed by atoms with Gasteiger partial charge in [0.2, 0.25) is 0 Å². The Morgan fingerprint density at radius 3 is 2.78 bits per heavy atom. The van der Waals surface area contributed by atoms with Gasteiger partial charge in [-0.25, -0.2) is 9.59 Å². The van der Waals surface area contributed by atoms with Crippen LogP contribution in [0.1, 0.15) is 5.56 Å². The summed E-state index contributed by atoms with van der Waals surface area (Å²) in [6.45, 7) is 0. The molecular weight excluding hydrogens is 236 g/mol. The number of hydrogen-bond donors (Lipinski definition) is 2. The topological polar surface area (TPSA) is 92.0 Å². The van der Waals surface area contributed by atoms with Gasteiger partial charge in [-0.05, 0) is 17.7 Å². The van der Waals surface area contributed by atoms with Crippen LogP contribution in [0.5, 0.6) is 0 Å². The van der Waals surface area contributed by atoms with Crippen LogP contribution in [0.4, 0.5) is 0 Å². The highest BCUT2D eigenvalue weighted by molar-refractivity contribution is 5.92. The lowest BCUT2D eigenvalue weighted by molar-refractivity contribution is -0.134. The number of aromatic amines is 2. The van der Waals surface area contributed by atoms with Gasteiger partial charge >= 0.3 is 11.7 Å². The molecule has 92 valence electrons. The fourth-order valence-corrected chi connectivity index (χ4v) is 1.58.